The highest BCUT2D eigenvalue weighted by Crippen LogP contribution is 2.32. The van der Waals surface area contributed by atoms with Crippen molar-refractivity contribution >= 4 is 30.2 Å². The molecule has 2 amide bonds. The van der Waals surface area contributed by atoms with Crippen molar-refractivity contribution in [3.05, 3.63) is 0 Å². The van der Waals surface area contributed by atoms with E-state index >= 15 is 0 Å². The predicted octanol–water partition coefficient (Wildman–Crippen LogP) is 1.32. The van der Waals surface area contributed by atoms with E-state index in [4.69, 9.17) is 0 Å². The minimum Gasteiger partial charge on any atom is -0.355 e. The minimum atomic E-state index is -0.938. The van der Waals surface area contributed by atoms with Crippen LogP contribution in [0.25, 0.3) is 0 Å². The molecule has 0 saturated carbocycles. The summed E-state index contributed by atoms with van der Waals surface area (Å²) in [5, 5.41) is 5.36. The molecule has 0 aliphatic rings. The molecular formula is C14H26N2O3S. The SMILES string of the molecule is CCCNC(=O)C(C)(S)CC(C)(C)C(=O)NCC(C)=O. The monoisotopic (exact) mass is 302 g/mol. The first-order valence-corrected chi connectivity index (χ1v) is 7.26. The number of hydrogen-bond acceptors (Lipinski definition) is 4. The number of nitrogens with one attached hydrogen (secondary N) is 2. The normalized spacial score (nSPS) is 14.3. The number of hydrogen-bond donors (Lipinski definition) is 3. The molecule has 2 N–H and O–H groups in total. The van der Waals surface area contributed by atoms with Crippen molar-refractivity contribution in [1.82, 2.24) is 10.6 Å². The van der Waals surface area contributed by atoms with Gasteiger partial charge in [0.25, 0.3) is 0 Å². The molecule has 6 heteroatoms. The largest absolute Gasteiger partial charge is 0.355 e. The van der Waals surface area contributed by atoms with Crippen LogP contribution in [0, 0.1) is 5.41 Å². The van der Waals surface area contributed by atoms with Gasteiger partial charge in [0.15, 0.2) is 0 Å². The van der Waals surface area contributed by atoms with Crippen LogP contribution in [0.3, 0.4) is 0 Å². The molecule has 0 radical (unpaired) electrons. The summed E-state index contributed by atoms with van der Waals surface area (Å²) in [6, 6.07) is 0. The highest BCUT2D eigenvalue weighted by molar-refractivity contribution is 7.82. The van der Waals surface area contributed by atoms with Crippen molar-refractivity contribution in [1.29, 1.82) is 0 Å². The van der Waals surface area contributed by atoms with Gasteiger partial charge in [0.05, 0.1) is 11.3 Å². The molecule has 0 fully saturated rings. The second kappa shape index (κ2) is 7.67. The molecule has 5 nitrogen and oxygen atoms in total. The van der Waals surface area contributed by atoms with Crippen LogP contribution in [-0.4, -0.2) is 35.4 Å². The summed E-state index contributed by atoms with van der Waals surface area (Å²) in [5.74, 6) is -0.546. The van der Waals surface area contributed by atoms with Crippen molar-refractivity contribution < 1.29 is 14.4 Å². The third-order valence-electron chi connectivity index (χ3n) is 2.92. The Morgan fingerprint density at radius 1 is 1.05 bits per heavy atom. The molecular weight excluding hydrogens is 276 g/mol. The Balaban J connectivity index is 4.66. The molecule has 1 unspecified atom stereocenters. The summed E-state index contributed by atoms with van der Waals surface area (Å²) in [4.78, 5) is 35.0. The van der Waals surface area contributed by atoms with Gasteiger partial charge in [0.2, 0.25) is 11.8 Å². The van der Waals surface area contributed by atoms with Gasteiger partial charge in [-0.1, -0.05) is 20.8 Å². The molecule has 0 saturated heterocycles. The maximum atomic E-state index is 12.1. The number of Topliss-reactive ketones (excluding diaryl/α,β-unsaturated/α-hetero) is 1. The number of ketones is 1. The molecule has 1 atom stereocenters. The maximum Gasteiger partial charge on any atom is 0.235 e. The lowest BCUT2D eigenvalue weighted by Crippen LogP contribution is -2.48. The van der Waals surface area contributed by atoms with Gasteiger partial charge in [-0.25, -0.2) is 0 Å². The molecule has 0 aliphatic carbocycles. The summed E-state index contributed by atoms with van der Waals surface area (Å²) in [7, 11) is 0. The quantitative estimate of drug-likeness (QED) is 0.592. The Kier molecular flexibility index (Phi) is 7.27. The van der Waals surface area contributed by atoms with Crippen LogP contribution in [0.5, 0.6) is 0 Å². The zero-order valence-electron chi connectivity index (χ0n) is 13.0. The van der Waals surface area contributed by atoms with Crippen molar-refractivity contribution in [2.24, 2.45) is 5.41 Å². The number of carbonyl (C=O) groups excluding carboxylic acids is 3. The third kappa shape index (κ3) is 6.41. The third-order valence-corrected chi connectivity index (χ3v) is 3.28. The van der Waals surface area contributed by atoms with E-state index in [2.05, 4.69) is 23.3 Å². The number of thiol groups is 1. The molecule has 0 bridgehead atoms. The number of amides is 2. The second-order valence-electron chi connectivity index (χ2n) is 5.98. The van der Waals surface area contributed by atoms with Gasteiger partial charge in [-0.2, -0.15) is 12.6 Å². The molecule has 0 aliphatic heterocycles. The molecule has 0 aromatic carbocycles. The Bertz CT molecular complexity index is 379. The van der Waals surface area contributed by atoms with Gasteiger partial charge >= 0.3 is 0 Å². The van der Waals surface area contributed by atoms with Gasteiger partial charge in [0.1, 0.15) is 5.78 Å². The summed E-state index contributed by atoms with van der Waals surface area (Å²) in [6.45, 7) is 9.15. The van der Waals surface area contributed by atoms with Gasteiger partial charge < -0.3 is 10.6 Å². The van der Waals surface area contributed by atoms with Crippen LogP contribution in [0.1, 0.15) is 47.5 Å². The highest BCUT2D eigenvalue weighted by atomic mass is 32.1. The molecule has 116 valence electrons. The summed E-state index contributed by atoms with van der Waals surface area (Å²) >= 11 is 4.39. The molecule has 20 heavy (non-hydrogen) atoms. The molecule has 0 aromatic heterocycles. The number of carbonyl (C=O) groups is 3. The second-order valence-corrected chi connectivity index (χ2v) is 6.96. The van der Waals surface area contributed by atoms with E-state index in [9.17, 15) is 14.4 Å². The topological polar surface area (TPSA) is 75.3 Å². The van der Waals surface area contributed by atoms with Crippen LogP contribution in [0.15, 0.2) is 0 Å². The zero-order valence-corrected chi connectivity index (χ0v) is 13.9. The summed E-state index contributed by atoms with van der Waals surface area (Å²) in [6.07, 6.45) is 1.13. The van der Waals surface area contributed by atoms with E-state index in [1.165, 1.54) is 6.92 Å². The van der Waals surface area contributed by atoms with Crippen molar-refractivity contribution in [3.63, 3.8) is 0 Å². The Hall–Kier alpha value is -1.04. The predicted molar refractivity (Wildman–Crippen MR) is 82.8 cm³/mol. The lowest BCUT2D eigenvalue weighted by molar-refractivity contribution is -0.132. The van der Waals surface area contributed by atoms with Crippen molar-refractivity contribution in [3.8, 4) is 0 Å². The zero-order chi connectivity index (χ0) is 16.0. The number of rotatable bonds is 8. The Morgan fingerprint density at radius 3 is 2.05 bits per heavy atom. The maximum absolute atomic E-state index is 12.1. The Labute approximate surface area is 126 Å². The lowest BCUT2D eigenvalue weighted by atomic mass is 9.81. The van der Waals surface area contributed by atoms with E-state index in [1.54, 1.807) is 20.8 Å². The van der Waals surface area contributed by atoms with Gasteiger partial charge in [-0.3, -0.25) is 14.4 Å². The Morgan fingerprint density at radius 2 is 1.60 bits per heavy atom. The van der Waals surface area contributed by atoms with Crippen LogP contribution in [0.4, 0.5) is 0 Å². The first-order valence-electron chi connectivity index (χ1n) is 6.81. The van der Waals surface area contributed by atoms with Crippen LogP contribution in [-0.2, 0) is 14.4 Å². The lowest BCUT2D eigenvalue weighted by Gasteiger charge is -2.32. The van der Waals surface area contributed by atoms with E-state index in [1.807, 2.05) is 6.92 Å². The first-order chi connectivity index (χ1) is 9.03. The fourth-order valence-corrected chi connectivity index (χ4v) is 2.37. The first kappa shape index (κ1) is 19.0. The van der Waals surface area contributed by atoms with Crippen molar-refractivity contribution in [2.45, 2.75) is 52.2 Å². The average molecular weight is 302 g/mol. The summed E-state index contributed by atoms with van der Waals surface area (Å²) in [5.41, 5.74) is -0.782. The summed E-state index contributed by atoms with van der Waals surface area (Å²) < 4.78 is -0.938. The standard InChI is InChI=1S/C14H26N2O3S/c1-6-7-15-12(19)14(5,20)9-13(3,4)11(18)16-8-10(2)17/h20H,6-9H2,1-5H3,(H,15,19)(H,16,18). The van der Waals surface area contributed by atoms with Crippen LogP contribution >= 0.6 is 12.6 Å². The van der Waals surface area contributed by atoms with Crippen molar-refractivity contribution in [2.75, 3.05) is 13.1 Å². The fourth-order valence-electron chi connectivity index (χ4n) is 1.89. The van der Waals surface area contributed by atoms with Crippen LogP contribution in [0.2, 0.25) is 0 Å². The molecule has 0 spiro atoms. The van der Waals surface area contributed by atoms with Crippen LogP contribution < -0.4 is 10.6 Å². The molecule has 0 rings (SSSR count). The molecule has 0 heterocycles. The van der Waals surface area contributed by atoms with E-state index in [-0.39, 0.29) is 30.6 Å². The van der Waals surface area contributed by atoms with E-state index < -0.39 is 10.2 Å². The minimum absolute atomic E-state index is 0.00752. The fraction of sp³-hybridized carbons (Fsp3) is 0.786. The van der Waals surface area contributed by atoms with E-state index in [0.29, 0.717) is 6.54 Å². The van der Waals surface area contributed by atoms with Gasteiger partial charge in [-0.15, -0.1) is 0 Å². The van der Waals surface area contributed by atoms with Gasteiger partial charge in [0, 0.05) is 12.0 Å². The molecule has 0 aromatic rings. The average Bonchev–Trinajstić information content (AvgIpc) is 2.31. The van der Waals surface area contributed by atoms with Gasteiger partial charge in [-0.05, 0) is 26.7 Å². The highest BCUT2D eigenvalue weighted by Gasteiger charge is 2.39. The van der Waals surface area contributed by atoms with E-state index in [0.717, 1.165) is 6.42 Å². The smallest absolute Gasteiger partial charge is 0.235 e.